The first-order valence-corrected chi connectivity index (χ1v) is 8.58. The number of carbonyl (C=O) groups excluding carboxylic acids is 2. The molecule has 1 N–H and O–H groups in total. The topological polar surface area (TPSA) is 68.5 Å². The van der Waals surface area contributed by atoms with Gasteiger partial charge in [0, 0.05) is 17.0 Å². The van der Waals surface area contributed by atoms with E-state index >= 15 is 0 Å². The van der Waals surface area contributed by atoms with E-state index in [1.165, 1.54) is 6.42 Å². The van der Waals surface area contributed by atoms with Crippen LogP contribution in [0.3, 0.4) is 0 Å². The molecule has 0 spiro atoms. The Morgan fingerprint density at radius 1 is 1.29 bits per heavy atom. The van der Waals surface area contributed by atoms with E-state index in [0.717, 1.165) is 31.1 Å². The van der Waals surface area contributed by atoms with Crippen LogP contribution in [0, 0.1) is 6.92 Å². The van der Waals surface area contributed by atoms with Gasteiger partial charge >= 0.3 is 5.97 Å². The number of hydrogen-bond acceptors (Lipinski definition) is 4. The molecule has 1 heterocycles. The third-order valence-electron chi connectivity index (χ3n) is 4.41. The molecule has 0 radical (unpaired) electrons. The van der Waals surface area contributed by atoms with E-state index in [1.807, 2.05) is 6.07 Å². The van der Waals surface area contributed by atoms with E-state index in [2.05, 4.69) is 5.32 Å². The fraction of sp³-hybridized carbons (Fsp3) is 0.444. The Labute approximate surface area is 145 Å². The van der Waals surface area contributed by atoms with Gasteiger partial charge in [-0.25, -0.2) is 4.79 Å². The molecule has 3 rings (SSSR count). The summed E-state index contributed by atoms with van der Waals surface area (Å²) < 4.78 is 10.6. The molecule has 1 saturated carbocycles. The predicted molar refractivity (Wildman–Crippen MR) is 91.3 cm³/mol. The standard InChI is InChI=1S/C18H20ClNO4/c1-11-13-8-5-9-14(19)17(13)24-16(11)18(22)23-10-15(21)20-12-6-3-2-4-7-12/h5,8-9,12H,2-4,6-7,10H2,1H3,(H,20,21). The van der Waals surface area contributed by atoms with Crippen molar-refractivity contribution in [3.8, 4) is 0 Å². The van der Waals surface area contributed by atoms with Gasteiger partial charge in [-0.15, -0.1) is 0 Å². The van der Waals surface area contributed by atoms with Crippen LogP contribution in [0.15, 0.2) is 22.6 Å². The van der Waals surface area contributed by atoms with Gasteiger partial charge in [0.1, 0.15) is 0 Å². The summed E-state index contributed by atoms with van der Waals surface area (Å²) in [4.78, 5) is 24.1. The highest BCUT2D eigenvalue weighted by Gasteiger charge is 2.22. The van der Waals surface area contributed by atoms with Crippen molar-refractivity contribution in [2.24, 2.45) is 0 Å². The Hall–Kier alpha value is -2.01. The number of nitrogens with one attached hydrogen (secondary N) is 1. The summed E-state index contributed by atoms with van der Waals surface area (Å²) >= 11 is 6.07. The van der Waals surface area contributed by atoms with E-state index in [9.17, 15) is 9.59 Å². The number of furan rings is 1. The number of aryl methyl sites for hydroxylation is 1. The van der Waals surface area contributed by atoms with Crippen LogP contribution in [0.1, 0.15) is 48.2 Å². The Morgan fingerprint density at radius 2 is 2.04 bits per heavy atom. The predicted octanol–water partition coefficient (Wildman–Crippen LogP) is 4.00. The molecule has 128 valence electrons. The number of ether oxygens (including phenoxy) is 1. The van der Waals surface area contributed by atoms with Crippen molar-refractivity contribution in [2.45, 2.75) is 45.1 Å². The maximum atomic E-state index is 12.2. The molecule has 0 aliphatic heterocycles. The quantitative estimate of drug-likeness (QED) is 0.847. The van der Waals surface area contributed by atoms with Crippen molar-refractivity contribution in [1.29, 1.82) is 0 Å². The molecule has 1 aromatic heterocycles. The number of para-hydroxylation sites is 1. The van der Waals surface area contributed by atoms with Gasteiger partial charge in [-0.1, -0.05) is 43.0 Å². The number of carbonyl (C=O) groups is 2. The molecule has 24 heavy (non-hydrogen) atoms. The summed E-state index contributed by atoms with van der Waals surface area (Å²) in [7, 11) is 0. The number of esters is 1. The lowest BCUT2D eigenvalue weighted by atomic mass is 9.95. The zero-order chi connectivity index (χ0) is 17.1. The first-order chi connectivity index (χ1) is 11.6. The Balaban J connectivity index is 1.61. The molecule has 1 aliphatic rings. The lowest BCUT2D eigenvalue weighted by Crippen LogP contribution is -2.38. The Kier molecular flexibility index (Phi) is 5.09. The van der Waals surface area contributed by atoms with Crippen LogP contribution in [-0.2, 0) is 9.53 Å². The monoisotopic (exact) mass is 349 g/mol. The van der Waals surface area contributed by atoms with Crippen LogP contribution in [0.5, 0.6) is 0 Å². The van der Waals surface area contributed by atoms with Crippen molar-refractivity contribution >= 4 is 34.4 Å². The summed E-state index contributed by atoms with van der Waals surface area (Å²) in [5.74, 6) is -0.843. The third-order valence-corrected chi connectivity index (χ3v) is 4.70. The molecule has 5 nitrogen and oxygen atoms in total. The number of rotatable bonds is 4. The molecule has 2 aromatic rings. The first-order valence-electron chi connectivity index (χ1n) is 8.20. The number of amides is 1. The van der Waals surface area contributed by atoms with Gasteiger partial charge in [0.05, 0.1) is 5.02 Å². The average Bonchev–Trinajstić information content (AvgIpc) is 2.92. The number of halogens is 1. The summed E-state index contributed by atoms with van der Waals surface area (Å²) in [6.07, 6.45) is 5.45. The number of benzene rings is 1. The Bertz CT molecular complexity index is 762. The lowest BCUT2D eigenvalue weighted by Gasteiger charge is -2.22. The van der Waals surface area contributed by atoms with Crippen molar-refractivity contribution in [3.63, 3.8) is 0 Å². The van der Waals surface area contributed by atoms with E-state index in [0.29, 0.717) is 16.2 Å². The zero-order valence-corrected chi connectivity index (χ0v) is 14.3. The van der Waals surface area contributed by atoms with Gasteiger partial charge in [-0.3, -0.25) is 4.79 Å². The molecular formula is C18H20ClNO4. The first kappa shape index (κ1) is 16.8. The van der Waals surface area contributed by atoms with Gasteiger partial charge < -0.3 is 14.5 Å². The fourth-order valence-corrected chi connectivity index (χ4v) is 3.33. The maximum Gasteiger partial charge on any atom is 0.375 e. The minimum absolute atomic E-state index is 0.0866. The van der Waals surface area contributed by atoms with E-state index in [1.54, 1.807) is 19.1 Å². The normalized spacial score (nSPS) is 15.4. The maximum absolute atomic E-state index is 12.2. The molecule has 1 amide bonds. The molecule has 0 atom stereocenters. The summed E-state index contributed by atoms with van der Waals surface area (Å²) in [5, 5.41) is 4.11. The third kappa shape index (κ3) is 3.56. The Morgan fingerprint density at radius 3 is 2.75 bits per heavy atom. The smallest absolute Gasteiger partial charge is 0.375 e. The second-order valence-electron chi connectivity index (χ2n) is 6.15. The highest BCUT2D eigenvalue weighted by Crippen LogP contribution is 2.30. The summed E-state index contributed by atoms with van der Waals surface area (Å²) in [6, 6.07) is 5.50. The van der Waals surface area contributed by atoms with Gasteiger partial charge in [-0.05, 0) is 25.8 Å². The van der Waals surface area contributed by atoms with Gasteiger partial charge in [0.25, 0.3) is 5.91 Å². The molecular weight excluding hydrogens is 330 g/mol. The van der Waals surface area contributed by atoms with Crippen molar-refractivity contribution in [1.82, 2.24) is 5.32 Å². The molecule has 1 aliphatic carbocycles. The molecule has 1 aromatic carbocycles. The molecule has 0 saturated heterocycles. The van der Waals surface area contributed by atoms with Crippen molar-refractivity contribution < 1.29 is 18.7 Å². The highest BCUT2D eigenvalue weighted by molar-refractivity contribution is 6.35. The molecule has 0 unspecified atom stereocenters. The van der Waals surface area contributed by atoms with Crippen LogP contribution in [0.4, 0.5) is 0 Å². The minimum Gasteiger partial charge on any atom is -0.450 e. The van der Waals surface area contributed by atoms with Crippen LogP contribution < -0.4 is 5.32 Å². The zero-order valence-electron chi connectivity index (χ0n) is 13.6. The van der Waals surface area contributed by atoms with Crippen LogP contribution in [-0.4, -0.2) is 24.5 Å². The SMILES string of the molecule is Cc1c(C(=O)OCC(=O)NC2CCCCC2)oc2c(Cl)cccc12. The molecule has 6 heteroatoms. The van der Waals surface area contributed by atoms with Crippen molar-refractivity contribution in [3.05, 3.63) is 34.5 Å². The molecule has 0 bridgehead atoms. The minimum atomic E-state index is -0.654. The average molecular weight is 350 g/mol. The van der Waals surface area contributed by atoms with Crippen LogP contribution in [0.2, 0.25) is 5.02 Å². The van der Waals surface area contributed by atoms with E-state index in [-0.39, 0.29) is 24.3 Å². The molecule has 1 fully saturated rings. The fourth-order valence-electron chi connectivity index (χ4n) is 3.12. The lowest BCUT2D eigenvalue weighted by molar-refractivity contribution is -0.125. The highest BCUT2D eigenvalue weighted by atomic mass is 35.5. The second kappa shape index (κ2) is 7.26. The van der Waals surface area contributed by atoms with Crippen LogP contribution >= 0.6 is 11.6 Å². The van der Waals surface area contributed by atoms with E-state index in [4.69, 9.17) is 20.8 Å². The number of hydrogen-bond donors (Lipinski definition) is 1. The largest absolute Gasteiger partial charge is 0.450 e. The van der Waals surface area contributed by atoms with Gasteiger partial charge in [-0.2, -0.15) is 0 Å². The van der Waals surface area contributed by atoms with E-state index < -0.39 is 5.97 Å². The summed E-state index contributed by atoms with van der Waals surface area (Å²) in [5.41, 5.74) is 1.11. The van der Waals surface area contributed by atoms with Gasteiger partial charge in [0.15, 0.2) is 12.2 Å². The van der Waals surface area contributed by atoms with Gasteiger partial charge in [0.2, 0.25) is 5.76 Å². The van der Waals surface area contributed by atoms with Crippen LogP contribution in [0.25, 0.3) is 11.0 Å². The number of fused-ring (bicyclic) bond motifs is 1. The van der Waals surface area contributed by atoms with Crippen molar-refractivity contribution in [2.75, 3.05) is 6.61 Å². The summed E-state index contributed by atoms with van der Waals surface area (Å²) in [6.45, 7) is 1.46. The second-order valence-corrected chi connectivity index (χ2v) is 6.56.